The fourth-order valence-corrected chi connectivity index (χ4v) is 5.10. The third kappa shape index (κ3) is 5.01. The maximum absolute atomic E-state index is 12.8. The van der Waals surface area contributed by atoms with Crippen LogP contribution in [0.1, 0.15) is 26.7 Å². The molecule has 2 saturated heterocycles. The second-order valence-corrected chi connectivity index (χ2v) is 9.18. The van der Waals surface area contributed by atoms with Crippen LogP contribution in [0.2, 0.25) is 0 Å². The van der Waals surface area contributed by atoms with Crippen LogP contribution in [0.5, 0.6) is 0 Å². The number of allylic oxidation sites excluding steroid dienone is 1. The summed E-state index contributed by atoms with van der Waals surface area (Å²) >= 11 is 0. The lowest BCUT2D eigenvalue weighted by Gasteiger charge is -2.44. The molecule has 0 bridgehead atoms. The molecule has 5 atom stereocenters. The third-order valence-electron chi connectivity index (χ3n) is 6.89. The van der Waals surface area contributed by atoms with Crippen molar-refractivity contribution in [1.82, 2.24) is 14.7 Å². The molecule has 3 amide bonds. The number of likely N-dealkylation sites (tertiary alicyclic amines) is 1. The van der Waals surface area contributed by atoms with Gasteiger partial charge in [-0.05, 0) is 37.8 Å². The minimum absolute atomic E-state index is 0.0143. The smallest absolute Gasteiger partial charge is 0.410 e. The van der Waals surface area contributed by atoms with Crippen LogP contribution in [0.3, 0.4) is 0 Å². The van der Waals surface area contributed by atoms with Gasteiger partial charge < -0.3 is 29.5 Å². The Bertz CT molecular complexity index is 1020. The first-order chi connectivity index (χ1) is 17.0. The number of amides is 3. The van der Waals surface area contributed by atoms with Crippen molar-refractivity contribution in [2.75, 3.05) is 26.8 Å². The van der Waals surface area contributed by atoms with E-state index in [1.54, 1.807) is 20.0 Å². The number of hydrogen-bond acceptors (Lipinski definition) is 7. The maximum atomic E-state index is 12.8. The van der Waals surface area contributed by atoms with Gasteiger partial charge in [-0.15, -0.1) is 0 Å². The average Bonchev–Trinajstić information content (AvgIpc) is 3.39. The number of likely N-dealkylation sites (N-methyl/N-ethyl adjacent to an activating group) is 1. The molecule has 0 spiro atoms. The van der Waals surface area contributed by atoms with Crippen LogP contribution >= 0.6 is 0 Å². The third-order valence-corrected chi connectivity index (χ3v) is 6.89. The van der Waals surface area contributed by atoms with E-state index in [2.05, 4.69) is 13.2 Å². The van der Waals surface area contributed by atoms with Crippen molar-refractivity contribution in [3.05, 3.63) is 48.2 Å². The Hall–Kier alpha value is -3.60. The average molecular weight is 504 g/mol. The first-order valence-electron chi connectivity index (χ1n) is 11.7. The standard InChI is InChI=1S/C25H33N3O8/c1-6-8-35-24(33)26(5)17-11-16(27(13-17)25(34)36-9-7-2)10-14(3)18-12-19-20(15(4)29)22(30)28(19)21(18)23(31)32/h6-7,10,15-17,19-20,29H,1-2,8-9,11-13H2,3-5H3,(H,31,32)/b14-10+/t15-,16-,17+,19-,20-/m1/s1. The van der Waals surface area contributed by atoms with Gasteiger partial charge in [0.15, 0.2) is 0 Å². The van der Waals surface area contributed by atoms with Gasteiger partial charge in [-0.25, -0.2) is 14.4 Å². The summed E-state index contributed by atoms with van der Waals surface area (Å²) in [4.78, 5) is 53.8. The van der Waals surface area contributed by atoms with Crippen LogP contribution in [-0.4, -0.2) is 100 Å². The molecule has 3 rings (SSSR count). The summed E-state index contributed by atoms with van der Waals surface area (Å²) in [6.07, 6.45) is 3.30. The summed E-state index contributed by atoms with van der Waals surface area (Å²) in [5, 5.41) is 19.8. The highest BCUT2D eigenvalue weighted by Gasteiger charge is 2.56. The van der Waals surface area contributed by atoms with Crippen molar-refractivity contribution in [3.63, 3.8) is 0 Å². The van der Waals surface area contributed by atoms with Crippen LogP contribution < -0.4 is 0 Å². The Labute approximate surface area is 209 Å². The molecule has 2 N–H and O–H groups in total. The van der Waals surface area contributed by atoms with E-state index in [0.29, 0.717) is 17.6 Å². The molecular formula is C25H33N3O8. The van der Waals surface area contributed by atoms with Gasteiger partial charge in [-0.2, -0.15) is 0 Å². The highest BCUT2D eigenvalue weighted by molar-refractivity contribution is 6.00. The second-order valence-electron chi connectivity index (χ2n) is 9.18. The number of aliphatic hydroxyl groups is 1. The van der Waals surface area contributed by atoms with Gasteiger partial charge in [-0.1, -0.05) is 31.4 Å². The van der Waals surface area contributed by atoms with Gasteiger partial charge in [0.1, 0.15) is 18.9 Å². The molecule has 0 radical (unpaired) electrons. The number of hydrogen-bond donors (Lipinski definition) is 2. The molecule has 3 heterocycles. The maximum Gasteiger partial charge on any atom is 0.410 e. The zero-order valence-electron chi connectivity index (χ0n) is 20.8. The lowest BCUT2D eigenvalue weighted by molar-refractivity contribution is -0.161. The van der Waals surface area contributed by atoms with E-state index in [1.807, 2.05) is 0 Å². The van der Waals surface area contributed by atoms with E-state index in [1.165, 1.54) is 33.8 Å². The van der Waals surface area contributed by atoms with Crippen LogP contribution in [-0.2, 0) is 19.1 Å². The predicted octanol–water partition coefficient (Wildman–Crippen LogP) is 1.90. The summed E-state index contributed by atoms with van der Waals surface area (Å²) in [6, 6.07) is -1.29. The Kier molecular flexibility index (Phi) is 8.24. The van der Waals surface area contributed by atoms with Gasteiger partial charge in [0.05, 0.1) is 30.1 Å². The molecule has 0 unspecified atom stereocenters. The van der Waals surface area contributed by atoms with Crippen molar-refractivity contribution < 1.29 is 38.9 Å². The Morgan fingerprint density at radius 2 is 1.86 bits per heavy atom. The monoisotopic (exact) mass is 503 g/mol. The number of nitrogens with zero attached hydrogens (tertiary/aromatic N) is 3. The minimum atomic E-state index is -1.23. The lowest BCUT2D eigenvalue weighted by Crippen LogP contribution is -2.61. The quantitative estimate of drug-likeness (QED) is 0.360. The molecule has 0 aromatic rings. The van der Waals surface area contributed by atoms with Crippen LogP contribution in [0.4, 0.5) is 9.59 Å². The molecule has 2 fully saturated rings. The lowest BCUT2D eigenvalue weighted by atomic mass is 9.82. The number of ether oxygens (including phenoxy) is 2. The SMILES string of the molecule is C=CCOC(=O)N(C)[C@H]1C[C@@H](/C=C(\C)C2=C(C(=O)O)N3C(=O)[C@H]([C@@H](C)O)[C@H]3C2)N(C(=O)OCC=C)C1. The molecule has 3 aliphatic rings. The number of aliphatic hydroxyl groups excluding tert-OH is 1. The fraction of sp³-hybridized carbons (Fsp3) is 0.520. The Morgan fingerprint density at radius 3 is 2.44 bits per heavy atom. The van der Waals surface area contributed by atoms with Crippen molar-refractivity contribution >= 4 is 24.1 Å². The summed E-state index contributed by atoms with van der Waals surface area (Å²) in [5.41, 5.74) is 0.977. The van der Waals surface area contributed by atoms with E-state index in [-0.39, 0.29) is 37.9 Å². The highest BCUT2D eigenvalue weighted by Crippen LogP contribution is 2.45. The molecular weight excluding hydrogens is 470 g/mol. The number of carboxylic acid groups (broad SMARTS) is 1. The van der Waals surface area contributed by atoms with Crippen molar-refractivity contribution in [3.8, 4) is 0 Å². The van der Waals surface area contributed by atoms with Crippen LogP contribution in [0.25, 0.3) is 0 Å². The first kappa shape index (κ1) is 27.0. The molecule has 11 nitrogen and oxygen atoms in total. The number of aliphatic carboxylic acids is 1. The van der Waals surface area contributed by atoms with E-state index >= 15 is 0 Å². The topological polar surface area (TPSA) is 137 Å². The van der Waals surface area contributed by atoms with Gasteiger partial charge >= 0.3 is 18.2 Å². The molecule has 196 valence electrons. The normalized spacial score (nSPS) is 26.2. The number of carboxylic acids is 1. The zero-order chi connectivity index (χ0) is 26.7. The van der Waals surface area contributed by atoms with E-state index < -0.39 is 48.2 Å². The number of β-lactam (4-membered cyclic amide) rings is 1. The van der Waals surface area contributed by atoms with Crippen molar-refractivity contribution in [2.24, 2.45) is 5.92 Å². The largest absolute Gasteiger partial charge is 0.477 e. The number of fused-ring (bicyclic) bond motifs is 1. The molecule has 0 aromatic carbocycles. The molecule has 0 aliphatic carbocycles. The molecule has 11 heteroatoms. The van der Waals surface area contributed by atoms with Crippen molar-refractivity contribution in [1.29, 1.82) is 0 Å². The van der Waals surface area contributed by atoms with Gasteiger partial charge in [0.25, 0.3) is 0 Å². The molecule has 0 aromatic heterocycles. The van der Waals surface area contributed by atoms with Crippen LogP contribution in [0.15, 0.2) is 48.2 Å². The predicted molar refractivity (Wildman–Crippen MR) is 129 cm³/mol. The second kappa shape index (κ2) is 11.0. The van der Waals surface area contributed by atoms with E-state index in [9.17, 15) is 29.4 Å². The van der Waals surface area contributed by atoms with E-state index in [0.717, 1.165) is 0 Å². The van der Waals surface area contributed by atoms with Gasteiger partial charge in [0, 0.05) is 13.6 Å². The van der Waals surface area contributed by atoms with Gasteiger partial charge in [-0.3, -0.25) is 9.69 Å². The summed E-state index contributed by atoms with van der Waals surface area (Å²) < 4.78 is 10.3. The minimum Gasteiger partial charge on any atom is -0.477 e. The van der Waals surface area contributed by atoms with E-state index in [4.69, 9.17) is 9.47 Å². The Morgan fingerprint density at radius 1 is 1.22 bits per heavy atom. The molecule has 0 saturated carbocycles. The summed E-state index contributed by atoms with van der Waals surface area (Å²) in [7, 11) is 1.58. The molecule has 36 heavy (non-hydrogen) atoms. The summed E-state index contributed by atoms with van der Waals surface area (Å²) in [6.45, 7) is 10.6. The fourth-order valence-electron chi connectivity index (χ4n) is 5.10. The summed E-state index contributed by atoms with van der Waals surface area (Å²) in [5.74, 6) is -2.29. The van der Waals surface area contributed by atoms with Crippen molar-refractivity contribution in [2.45, 2.75) is 50.9 Å². The number of rotatable bonds is 9. The first-order valence-corrected chi connectivity index (χ1v) is 11.7. The molecule has 3 aliphatic heterocycles. The zero-order valence-corrected chi connectivity index (χ0v) is 20.8. The number of carbonyl (C=O) groups is 4. The number of carbonyl (C=O) groups excluding carboxylic acids is 3. The van der Waals surface area contributed by atoms with Crippen LogP contribution in [0, 0.1) is 5.92 Å². The Balaban J connectivity index is 1.88. The highest BCUT2D eigenvalue weighted by atomic mass is 16.6. The van der Waals surface area contributed by atoms with Gasteiger partial charge in [0.2, 0.25) is 5.91 Å².